The van der Waals surface area contributed by atoms with Crippen LogP contribution in [0.25, 0.3) is 11.0 Å². The van der Waals surface area contributed by atoms with E-state index in [-0.39, 0.29) is 5.56 Å². The van der Waals surface area contributed by atoms with E-state index in [4.69, 9.17) is 10.2 Å². The molecule has 2 nitrogen and oxygen atoms in total. The fourth-order valence-corrected chi connectivity index (χ4v) is 2.95. The summed E-state index contributed by atoms with van der Waals surface area (Å²) in [5, 5.41) is 0.884. The molecule has 0 fully saturated rings. The summed E-state index contributed by atoms with van der Waals surface area (Å²) in [5.74, 6) is -0.870. The Morgan fingerprint density at radius 2 is 1.90 bits per heavy atom. The molecule has 21 heavy (non-hydrogen) atoms. The first-order chi connectivity index (χ1) is 9.95. The zero-order chi connectivity index (χ0) is 15.1. The molecule has 0 amide bonds. The van der Waals surface area contributed by atoms with Crippen molar-refractivity contribution < 1.29 is 13.2 Å². The Hall–Kier alpha value is -1.72. The van der Waals surface area contributed by atoms with Crippen molar-refractivity contribution in [3.63, 3.8) is 0 Å². The van der Waals surface area contributed by atoms with Crippen LogP contribution < -0.4 is 5.73 Å². The molecule has 1 aromatic heterocycles. The summed E-state index contributed by atoms with van der Waals surface area (Å²) >= 11 is 3.42. The SMILES string of the molecule is Cc1cc(Br)cc2cc(C(N)c3ccc(F)cc3F)oc12. The first-order valence-corrected chi connectivity index (χ1v) is 7.15. The van der Waals surface area contributed by atoms with Crippen LogP contribution in [0.15, 0.2) is 45.3 Å². The number of nitrogens with two attached hydrogens (primary N) is 1. The predicted octanol–water partition coefficient (Wildman–Crippen LogP) is 4.83. The van der Waals surface area contributed by atoms with Gasteiger partial charge in [-0.05, 0) is 36.8 Å². The van der Waals surface area contributed by atoms with Crippen molar-refractivity contribution >= 4 is 26.9 Å². The average molecular weight is 352 g/mol. The number of rotatable bonds is 2. The second-order valence-corrected chi connectivity index (χ2v) is 5.85. The molecule has 108 valence electrons. The van der Waals surface area contributed by atoms with Crippen molar-refractivity contribution in [1.82, 2.24) is 0 Å². The van der Waals surface area contributed by atoms with Gasteiger partial charge in [0.05, 0.1) is 6.04 Å². The lowest BCUT2D eigenvalue weighted by Crippen LogP contribution is -2.12. The Morgan fingerprint density at radius 1 is 1.14 bits per heavy atom. The van der Waals surface area contributed by atoms with Gasteiger partial charge in [-0.25, -0.2) is 8.78 Å². The van der Waals surface area contributed by atoms with Crippen molar-refractivity contribution in [3.05, 3.63) is 69.4 Å². The molecule has 3 rings (SSSR count). The third-order valence-electron chi connectivity index (χ3n) is 3.39. The summed E-state index contributed by atoms with van der Waals surface area (Å²) in [6.07, 6.45) is 0. The smallest absolute Gasteiger partial charge is 0.137 e. The summed E-state index contributed by atoms with van der Waals surface area (Å²) in [6, 6.07) is 8.17. The van der Waals surface area contributed by atoms with E-state index in [9.17, 15) is 8.78 Å². The molecule has 0 saturated carbocycles. The van der Waals surface area contributed by atoms with Gasteiger partial charge in [0, 0.05) is 21.5 Å². The van der Waals surface area contributed by atoms with Gasteiger partial charge in [0.1, 0.15) is 23.0 Å². The van der Waals surface area contributed by atoms with E-state index in [0.717, 1.165) is 21.5 Å². The number of hydrogen-bond acceptors (Lipinski definition) is 2. The third kappa shape index (κ3) is 2.59. The van der Waals surface area contributed by atoms with Crippen LogP contribution in [0.4, 0.5) is 8.78 Å². The van der Waals surface area contributed by atoms with E-state index < -0.39 is 17.7 Å². The minimum absolute atomic E-state index is 0.201. The standard InChI is InChI=1S/C16H12BrF2NO/c1-8-4-10(17)5-9-6-14(21-16(8)9)15(20)12-3-2-11(18)7-13(12)19/h2-7,15H,20H2,1H3. The zero-order valence-electron chi connectivity index (χ0n) is 11.2. The van der Waals surface area contributed by atoms with Crippen molar-refractivity contribution in [2.45, 2.75) is 13.0 Å². The lowest BCUT2D eigenvalue weighted by molar-refractivity contribution is 0.505. The molecular formula is C16H12BrF2NO. The topological polar surface area (TPSA) is 39.2 Å². The highest BCUT2D eigenvalue weighted by Gasteiger charge is 2.19. The quantitative estimate of drug-likeness (QED) is 0.718. The average Bonchev–Trinajstić information content (AvgIpc) is 2.82. The molecule has 0 aliphatic heterocycles. The maximum atomic E-state index is 13.8. The molecule has 1 atom stereocenters. The molecule has 5 heteroatoms. The number of benzene rings is 2. The van der Waals surface area contributed by atoms with Crippen molar-refractivity contribution in [3.8, 4) is 0 Å². The zero-order valence-corrected chi connectivity index (χ0v) is 12.7. The molecule has 2 aromatic carbocycles. The molecule has 0 aliphatic carbocycles. The molecule has 2 N–H and O–H groups in total. The van der Waals surface area contributed by atoms with Gasteiger partial charge in [-0.2, -0.15) is 0 Å². The number of aryl methyl sites for hydroxylation is 1. The van der Waals surface area contributed by atoms with E-state index in [1.165, 1.54) is 12.1 Å². The first-order valence-electron chi connectivity index (χ1n) is 6.36. The highest BCUT2D eigenvalue weighted by molar-refractivity contribution is 9.10. The number of furan rings is 1. The maximum Gasteiger partial charge on any atom is 0.137 e. The molecule has 1 unspecified atom stereocenters. The van der Waals surface area contributed by atoms with Crippen LogP contribution in [-0.4, -0.2) is 0 Å². The first kappa shape index (κ1) is 14.2. The molecule has 1 heterocycles. The lowest BCUT2D eigenvalue weighted by Gasteiger charge is -2.10. The van der Waals surface area contributed by atoms with E-state index in [2.05, 4.69) is 15.9 Å². The maximum absolute atomic E-state index is 13.8. The van der Waals surface area contributed by atoms with Crippen molar-refractivity contribution in [2.24, 2.45) is 5.73 Å². The van der Waals surface area contributed by atoms with Crippen LogP contribution in [0.5, 0.6) is 0 Å². The lowest BCUT2D eigenvalue weighted by atomic mass is 10.0. The summed E-state index contributed by atoms with van der Waals surface area (Å²) in [7, 11) is 0. The largest absolute Gasteiger partial charge is 0.459 e. The Morgan fingerprint density at radius 3 is 2.62 bits per heavy atom. The second kappa shape index (κ2) is 5.24. The van der Waals surface area contributed by atoms with Crippen LogP contribution in [0.2, 0.25) is 0 Å². The number of halogens is 3. The van der Waals surface area contributed by atoms with Gasteiger partial charge in [-0.1, -0.05) is 22.0 Å². The van der Waals surface area contributed by atoms with Crippen LogP contribution in [0.1, 0.15) is 22.9 Å². The van der Waals surface area contributed by atoms with Gasteiger partial charge in [0.15, 0.2) is 0 Å². The van der Waals surface area contributed by atoms with Crippen LogP contribution in [0, 0.1) is 18.6 Å². The fraction of sp³-hybridized carbons (Fsp3) is 0.125. The second-order valence-electron chi connectivity index (χ2n) is 4.93. The number of fused-ring (bicyclic) bond motifs is 1. The summed E-state index contributed by atoms with van der Waals surface area (Å²) in [6.45, 7) is 1.92. The fourth-order valence-electron chi connectivity index (χ4n) is 2.36. The molecule has 0 spiro atoms. The molecule has 0 bridgehead atoms. The predicted molar refractivity (Wildman–Crippen MR) is 81.0 cm³/mol. The normalized spacial score (nSPS) is 12.8. The molecule has 0 radical (unpaired) electrons. The van der Waals surface area contributed by atoms with Crippen LogP contribution in [0.3, 0.4) is 0 Å². The minimum Gasteiger partial charge on any atom is -0.459 e. The Bertz CT molecular complexity index is 829. The minimum atomic E-state index is -0.781. The van der Waals surface area contributed by atoms with Crippen LogP contribution >= 0.6 is 15.9 Å². The van der Waals surface area contributed by atoms with E-state index in [1.807, 2.05) is 19.1 Å². The Balaban J connectivity index is 2.09. The van der Waals surface area contributed by atoms with Gasteiger partial charge in [0.2, 0.25) is 0 Å². The van der Waals surface area contributed by atoms with E-state index >= 15 is 0 Å². The van der Waals surface area contributed by atoms with Gasteiger partial charge in [0.25, 0.3) is 0 Å². The van der Waals surface area contributed by atoms with Crippen molar-refractivity contribution in [2.75, 3.05) is 0 Å². The summed E-state index contributed by atoms with van der Waals surface area (Å²) in [5.41, 5.74) is 7.92. The third-order valence-corrected chi connectivity index (χ3v) is 3.85. The number of hydrogen-bond donors (Lipinski definition) is 1. The van der Waals surface area contributed by atoms with Crippen molar-refractivity contribution in [1.29, 1.82) is 0 Å². The van der Waals surface area contributed by atoms with Crippen LogP contribution in [-0.2, 0) is 0 Å². The van der Waals surface area contributed by atoms with Gasteiger partial charge >= 0.3 is 0 Å². The molecule has 0 saturated heterocycles. The Kier molecular flexibility index (Phi) is 3.55. The molecule has 3 aromatic rings. The Labute approximate surface area is 128 Å². The summed E-state index contributed by atoms with van der Waals surface area (Å²) < 4.78 is 33.5. The van der Waals surface area contributed by atoms with Gasteiger partial charge < -0.3 is 10.2 Å². The highest BCUT2D eigenvalue weighted by Crippen LogP contribution is 2.31. The van der Waals surface area contributed by atoms with E-state index in [1.54, 1.807) is 6.07 Å². The van der Waals surface area contributed by atoms with E-state index in [0.29, 0.717) is 11.3 Å². The monoisotopic (exact) mass is 351 g/mol. The molecular weight excluding hydrogens is 340 g/mol. The molecule has 0 aliphatic rings. The van der Waals surface area contributed by atoms with Gasteiger partial charge in [-0.3, -0.25) is 0 Å². The highest BCUT2D eigenvalue weighted by atomic mass is 79.9. The van der Waals surface area contributed by atoms with Gasteiger partial charge in [-0.15, -0.1) is 0 Å². The summed E-state index contributed by atoms with van der Waals surface area (Å²) in [4.78, 5) is 0.